The minimum Gasteiger partial charge on any atom is -0.480 e. The number of amides is 3. The average Bonchev–Trinajstić information content (AvgIpc) is 2.91. The maximum absolute atomic E-state index is 12.0. The van der Waals surface area contributed by atoms with E-state index < -0.39 is 24.1 Å². The van der Waals surface area contributed by atoms with Gasteiger partial charge in [-0.1, -0.05) is 0 Å². The van der Waals surface area contributed by atoms with E-state index in [1.54, 1.807) is 0 Å². The highest BCUT2D eigenvalue weighted by Gasteiger charge is 2.29. The summed E-state index contributed by atoms with van der Waals surface area (Å²) in [6.07, 6.45) is 2.33. The monoisotopic (exact) mass is 319 g/mol. The number of carboxylic acids is 1. The van der Waals surface area contributed by atoms with E-state index in [0.717, 1.165) is 0 Å². The first-order valence-corrected chi connectivity index (χ1v) is 7.99. The largest absolute Gasteiger partial charge is 0.480 e. The Kier molecular flexibility index (Phi) is 7.13. The van der Waals surface area contributed by atoms with Gasteiger partial charge in [-0.3, -0.25) is 0 Å². The summed E-state index contributed by atoms with van der Waals surface area (Å²) in [5.74, 6) is -0.384. The number of carboxylic acid groups (broad SMARTS) is 1. The molecule has 1 aliphatic rings. The quantitative estimate of drug-likeness (QED) is 0.651. The third-order valence-corrected chi connectivity index (χ3v) is 3.83. The van der Waals surface area contributed by atoms with Crippen molar-refractivity contribution in [2.75, 3.05) is 32.2 Å². The number of hydrogen-bond donors (Lipinski definition) is 3. The molecule has 3 amide bonds. The maximum Gasteiger partial charge on any atom is 0.407 e. The standard InChI is InChI=1S/C12H21N3O5S/c1-20-12(19)13-8-3-5-15(7-8)11(18)14-9(10(16)17)4-6-21-2/h8-9H,3-7H2,1-2H3,(H,13,19)(H,14,18)(H,16,17)/t8?,9-/m1/s1. The van der Waals surface area contributed by atoms with Crippen molar-refractivity contribution in [3.63, 3.8) is 0 Å². The molecule has 8 nitrogen and oxygen atoms in total. The summed E-state index contributed by atoms with van der Waals surface area (Å²) in [6, 6.07) is -1.48. The molecule has 0 saturated carbocycles. The van der Waals surface area contributed by atoms with Crippen LogP contribution in [0, 0.1) is 0 Å². The summed E-state index contributed by atoms with van der Waals surface area (Å²) in [5.41, 5.74) is 0. The molecule has 0 spiro atoms. The molecular weight excluding hydrogens is 298 g/mol. The van der Waals surface area contributed by atoms with Gasteiger partial charge in [-0.15, -0.1) is 0 Å². The zero-order valence-electron chi connectivity index (χ0n) is 12.1. The molecule has 1 aliphatic heterocycles. The molecule has 1 saturated heterocycles. The van der Waals surface area contributed by atoms with E-state index in [9.17, 15) is 14.4 Å². The van der Waals surface area contributed by atoms with Gasteiger partial charge in [0.15, 0.2) is 0 Å². The van der Waals surface area contributed by atoms with Crippen LogP contribution in [-0.2, 0) is 9.53 Å². The third-order valence-electron chi connectivity index (χ3n) is 3.19. The first kappa shape index (κ1) is 17.4. The van der Waals surface area contributed by atoms with Gasteiger partial charge in [0.05, 0.1) is 13.2 Å². The fourth-order valence-corrected chi connectivity index (χ4v) is 2.49. The van der Waals surface area contributed by atoms with Gasteiger partial charge in [0.2, 0.25) is 0 Å². The summed E-state index contributed by atoms with van der Waals surface area (Å²) in [5, 5.41) is 14.2. The number of hydrogen-bond acceptors (Lipinski definition) is 5. The van der Waals surface area contributed by atoms with Gasteiger partial charge in [-0.25, -0.2) is 14.4 Å². The molecule has 0 aromatic heterocycles. The lowest BCUT2D eigenvalue weighted by atomic mass is 10.2. The Morgan fingerprint density at radius 3 is 2.76 bits per heavy atom. The lowest BCUT2D eigenvalue weighted by Crippen LogP contribution is -2.48. The smallest absolute Gasteiger partial charge is 0.407 e. The Morgan fingerprint density at radius 1 is 1.48 bits per heavy atom. The molecule has 3 N–H and O–H groups in total. The molecule has 21 heavy (non-hydrogen) atoms. The molecule has 0 radical (unpaired) electrons. The summed E-state index contributed by atoms with van der Waals surface area (Å²) < 4.78 is 4.50. The van der Waals surface area contributed by atoms with E-state index >= 15 is 0 Å². The Labute approximate surface area is 127 Å². The predicted octanol–water partition coefficient (Wildman–Crippen LogP) is 0.333. The molecule has 1 fully saturated rings. The number of ether oxygens (including phenoxy) is 1. The Balaban J connectivity index is 2.44. The van der Waals surface area contributed by atoms with Crippen LogP contribution in [0.3, 0.4) is 0 Å². The van der Waals surface area contributed by atoms with E-state index in [2.05, 4.69) is 15.4 Å². The molecule has 0 aromatic carbocycles. The predicted molar refractivity (Wildman–Crippen MR) is 78.5 cm³/mol. The van der Waals surface area contributed by atoms with Gasteiger partial charge >= 0.3 is 18.1 Å². The minimum atomic E-state index is -1.04. The van der Waals surface area contributed by atoms with Crippen molar-refractivity contribution in [3.05, 3.63) is 0 Å². The number of urea groups is 1. The van der Waals surface area contributed by atoms with E-state index in [1.165, 1.54) is 23.8 Å². The number of carbonyl (C=O) groups is 3. The number of likely N-dealkylation sites (tertiary alicyclic amines) is 1. The van der Waals surface area contributed by atoms with Crippen molar-refractivity contribution in [2.24, 2.45) is 0 Å². The van der Waals surface area contributed by atoms with Crippen LogP contribution < -0.4 is 10.6 Å². The highest BCUT2D eigenvalue weighted by atomic mass is 32.2. The lowest BCUT2D eigenvalue weighted by Gasteiger charge is -2.21. The number of nitrogens with one attached hydrogen (secondary N) is 2. The fourth-order valence-electron chi connectivity index (χ4n) is 2.02. The van der Waals surface area contributed by atoms with Crippen molar-refractivity contribution in [2.45, 2.75) is 24.9 Å². The van der Waals surface area contributed by atoms with Crippen LogP contribution in [-0.4, -0.2) is 72.4 Å². The minimum absolute atomic E-state index is 0.169. The number of aliphatic carboxylic acids is 1. The number of thioether (sulfide) groups is 1. The second kappa shape index (κ2) is 8.60. The molecular formula is C12H21N3O5S. The van der Waals surface area contributed by atoms with Crippen molar-refractivity contribution in [1.82, 2.24) is 15.5 Å². The second-order valence-electron chi connectivity index (χ2n) is 4.69. The summed E-state index contributed by atoms with van der Waals surface area (Å²) >= 11 is 1.53. The van der Waals surface area contributed by atoms with Crippen LogP contribution in [0.15, 0.2) is 0 Å². The molecule has 1 rings (SSSR count). The Hall–Kier alpha value is -1.64. The Bertz CT molecular complexity index is 393. The Morgan fingerprint density at radius 2 is 2.19 bits per heavy atom. The van der Waals surface area contributed by atoms with E-state index in [0.29, 0.717) is 31.7 Å². The highest BCUT2D eigenvalue weighted by Crippen LogP contribution is 2.10. The zero-order valence-corrected chi connectivity index (χ0v) is 12.9. The van der Waals surface area contributed by atoms with Gasteiger partial charge in [-0.2, -0.15) is 11.8 Å². The first-order chi connectivity index (χ1) is 9.97. The zero-order chi connectivity index (χ0) is 15.8. The molecule has 0 aromatic rings. The molecule has 9 heteroatoms. The van der Waals surface area contributed by atoms with Crippen LogP contribution >= 0.6 is 11.8 Å². The normalized spacial score (nSPS) is 19.0. The molecule has 2 atom stereocenters. The summed E-state index contributed by atoms with van der Waals surface area (Å²) in [4.78, 5) is 35.7. The van der Waals surface area contributed by atoms with Crippen LogP contribution in [0.4, 0.5) is 9.59 Å². The van der Waals surface area contributed by atoms with Crippen LogP contribution in [0.25, 0.3) is 0 Å². The topological polar surface area (TPSA) is 108 Å². The number of nitrogens with zero attached hydrogens (tertiary/aromatic N) is 1. The lowest BCUT2D eigenvalue weighted by molar-refractivity contribution is -0.139. The van der Waals surface area contributed by atoms with Gasteiger partial charge in [0.25, 0.3) is 0 Å². The number of alkyl carbamates (subject to hydrolysis) is 1. The molecule has 1 heterocycles. The summed E-state index contributed by atoms with van der Waals surface area (Å²) in [6.45, 7) is 0.811. The molecule has 0 bridgehead atoms. The second-order valence-corrected chi connectivity index (χ2v) is 5.67. The van der Waals surface area contributed by atoms with E-state index in [-0.39, 0.29) is 6.04 Å². The van der Waals surface area contributed by atoms with Crippen molar-refractivity contribution >= 4 is 29.9 Å². The van der Waals surface area contributed by atoms with E-state index in [4.69, 9.17) is 5.11 Å². The van der Waals surface area contributed by atoms with Crippen LogP contribution in [0.5, 0.6) is 0 Å². The van der Waals surface area contributed by atoms with Gasteiger partial charge in [0.1, 0.15) is 6.04 Å². The third kappa shape index (κ3) is 5.70. The van der Waals surface area contributed by atoms with Crippen molar-refractivity contribution < 1.29 is 24.2 Å². The van der Waals surface area contributed by atoms with Gasteiger partial charge in [-0.05, 0) is 24.9 Å². The van der Waals surface area contributed by atoms with E-state index in [1.807, 2.05) is 6.26 Å². The van der Waals surface area contributed by atoms with Gasteiger partial charge in [0, 0.05) is 13.1 Å². The molecule has 0 aliphatic carbocycles. The maximum atomic E-state index is 12.0. The number of rotatable bonds is 6. The SMILES string of the molecule is COC(=O)NC1CCN(C(=O)N[C@H](CCSC)C(=O)O)C1. The van der Waals surface area contributed by atoms with Crippen LogP contribution in [0.2, 0.25) is 0 Å². The first-order valence-electron chi connectivity index (χ1n) is 6.59. The van der Waals surface area contributed by atoms with Gasteiger partial charge < -0.3 is 25.4 Å². The van der Waals surface area contributed by atoms with Crippen molar-refractivity contribution in [1.29, 1.82) is 0 Å². The molecule has 1 unspecified atom stereocenters. The molecule has 120 valence electrons. The number of carbonyl (C=O) groups excluding carboxylic acids is 2. The summed E-state index contributed by atoms with van der Waals surface area (Å²) in [7, 11) is 1.28. The average molecular weight is 319 g/mol. The van der Waals surface area contributed by atoms with Crippen LogP contribution in [0.1, 0.15) is 12.8 Å². The van der Waals surface area contributed by atoms with Crippen molar-refractivity contribution in [3.8, 4) is 0 Å². The highest BCUT2D eigenvalue weighted by molar-refractivity contribution is 7.98. The fraction of sp³-hybridized carbons (Fsp3) is 0.750. The number of methoxy groups -OCH3 is 1.